The summed E-state index contributed by atoms with van der Waals surface area (Å²) in [7, 11) is 0. The van der Waals surface area contributed by atoms with E-state index in [4.69, 9.17) is 9.47 Å². The van der Waals surface area contributed by atoms with Crippen molar-refractivity contribution in [1.82, 2.24) is 0 Å². The van der Waals surface area contributed by atoms with Crippen LogP contribution in [0.1, 0.15) is 36.7 Å². The van der Waals surface area contributed by atoms with Crippen LogP contribution in [0.4, 0.5) is 10.1 Å². The average molecular weight is 353 g/mol. The van der Waals surface area contributed by atoms with E-state index in [1.54, 1.807) is 27.7 Å². The van der Waals surface area contributed by atoms with Gasteiger partial charge in [-0.3, -0.25) is 4.79 Å². The number of benzene rings is 1. The largest absolute Gasteiger partial charge is 0.496 e. The smallest absolute Gasteiger partial charge is 0.338 e. The minimum absolute atomic E-state index is 0.0622. The van der Waals surface area contributed by atoms with Crippen LogP contribution >= 0.6 is 11.8 Å². The molecule has 0 aliphatic carbocycles. The molecule has 0 unspecified atom stereocenters. The summed E-state index contributed by atoms with van der Waals surface area (Å²) < 4.78 is 24.6. The van der Waals surface area contributed by atoms with Gasteiger partial charge in [-0.05, 0) is 45.4 Å². The van der Waals surface area contributed by atoms with Crippen molar-refractivity contribution in [3.8, 4) is 0 Å². The Kier molecular flexibility index (Phi) is 5.88. The zero-order valence-corrected chi connectivity index (χ0v) is 14.9. The predicted octanol–water partition coefficient (Wildman–Crippen LogP) is 3.63. The van der Waals surface area contributed by atoms with Crippen molar-refractivity contribution in [2.45, 2.75) is 33.8 Å². The van der Waals surface area contributed by atoms with Crippen molar-refractivity contribution in [3.63, 3.8) is 0 Å². The van der Waals surface area contributed by atoms with Gasteiger partial charge in [0.2, 0.25) is 0 Å². The van der Waals surface area contributed by atoms with E-state index >= 15 is 0 Å². The van der Waals surface area contributed by atoms with Crippen LogP contribution in [0.5, 0.6) is 0 Å². The third-order valence-corrected chi connectivity index (χ3v) is 4.43. The summed E-state index contributed by atoms with van der Waals surface area (Å²) in [6.07, 6.45) is -0.288. The predicted molar refractivity (Wildman–Crippen MR) is 91.4 cm³/mol. The molecule has 1 heterocycles. The summed E-state index contributed by atoms with van der Waals surface area (Å²) in [6.45, 7) is 7.31. The van der Waals surface area contributed by atoms with Gasteiger partial charge < -0.3 is 14.8 Å². The molecule has 0 radical (unpaired) electrons. The minimum Gasteiger partial charge on any atom is -0.496 e. The lowest BCUT2D eigenvalue weighted by Crippen LogP contribution is -2.20. The lowest BCUT2D eigenvalue weighted by atomic mass is 10.1. The Morgan fingerprint density at radius 2 is 2.04 bits per heavy atom. The molecule has 1 amide bonds. The Hall–Kier alpha value is -2.02. The summed E-state index contributed by atoms with van der Waals surface area (Å²) in [5.74, 6) is -0.452. The number of nitrogens with one attached hydrogen (secondary N) is 1. The second-order valence-electron chi connectivity index (χ2n) is 5.64. The number of hydrogen-bond acceptors (Lipinski definition) is 5. The van der Waals surface area contributed by atoms with Crippen molar-refractivity contribution < 1.29 is 23.5 Å². The van der Waals surface area contributed by atoms with E-state index in [1.165, 1.54) is 23.9 Å². The molecule has 1 aromatic rings. The molecule has 0 spiro atoms. The summed E-state index contributed by atoms with van der Waals surface area (Å²) in [5, 5.41) is 2.51. The SMILES string of the molecule is CC1=C(C(=O)Nc2cc(C(=O)OC(C)C)c(C)cc2F)SCCO1. The third-order valence-electron chi connectivity index (χ3n) is 3.30. The number of rotatable bonds is 4. The number of anilines is 1. The zero-order valence-electron chi connectivity index (χ0n) is 14.1. The van der Waals surface area contributed by atoms with Crippen molar-refractivity contribution in [2.75, 3.05) is 17.7 Å². The van der Waals surface area contributed by atoms with Gasteiger partial charge in [-0.1, -0.05) is 0 Å². The molecule has 130 valence electrons. The van der Waals surface area contributed by atoms with E-state index < -0.39 is 17.7 Å². The first-order chi connectivity index (χ1) is 11.3. The maximum Gasteiger partial charge on any atom is 0.338 e. The normalized spacial score (nSPS) is 14.4. The number of thioether (sulfide) groups is 1. The van der Waals surface area contributed by atoms with E-state index in [-0.39, 0.29) is 17.4 Å². The van der Waals surface area contributed by atoms with Crippen LogP contribution in [-0.2, 0) is 14.3 Å². The van der Waals surface area contributed by atoms with Gasteiger partial charge in [0.05, 0.1) is 24.0 Å². The number of halogens is 1. The van der Waals surface area contributed by atoms with Gasteiger partial charge in [-0.15, -0.1) is 11.8 Å². The molecule has 0 atom stereocenters. The quantitative estimate of drug-likeness (QED) is 0.838. The van der Waals surface area contributed by atoms with Crippen LogP contribution in [-0.4, -0.2) is 30.3 Å². The maximum absolute atomic E-state index is 14.2. The molecule has 1 aliphatic heterocycles. The second kappa shape index (κ2) is 7.70. The number of carbonyl (C=O) groups is 2. The van der Waals surface area contributed by atoms with Gasteiger partial charge in [-0.25, -0.2) is 9.18 Å². The summed E-state index contributed by atoms with van der Waals surface area (Å²) in [4.78, 5) is 24.8. The average Bonchev–Trinajstić information content (AvgIpc) is 2.49. The van der Waals surface area contributed by atoms with Crippen LogP contribution < -0.4 is 5.32 Å². The highest BCUT2D eigenvalue weighted by Crippen LogP contribution is 2.28. The Labute approximate surface area is 144 Å². The summed E-state index contributed by atoms with van der Waals surface area (Å²) >= 11 is 1.36. The molecule has 5 nitrogen and oxygen atoms in total. The van der Waals surface area contributed by atoms with Crippen molar-refractivity contribution in [3.05, 3.63) is 39.7 Å². The first-order valence-corrected chi connectivity index (χ1v) is 8.57. The van der Waals surface area contributed by atoms with E-state index in [1.807, 2.05) is 0 Å². The number of ether oxygens (including phenoxy) is 2. The first kappa shape index (κ1) is 18.3. The van der Waals surface area contributed by atoms with E-state index in [0.29, 0.717) is 28.6 Å². The van der Waals surface area contributed by atoms with Crippen molar-refractivity contribution in [1.29, 1.82) is 0 Å². The topological polar surface area (TPSA) is 64.6 Å². The molecule has 1 aromatic carbocycles. The van der Waals surface area contributed by atoms with Crippen molar-refractivity contribution >= 4 is 29.3 Å². The molecule has 0 fully saturated rings. The van der Waals surface area contributed by atoms with Crippen LogP contribution in [0.2, 0.25) is 0 Å². The molecular formula is C17H20FNO4S. The van der Waals surface area contributed by atoms with Gasteiger partial charge >= 0.3 is 5.97 Å². The molecule has 1 N–H and O–H groups in total. The third kappa shape index (κ3) is 4.29. The fourth-order valence-corrected chi connectivity index (χ4v) is 2.99. The van der Waals surface area contributed by atoms with Gasteiger partial charge in [0.15, 0.2) is 0 Å². The number of allylic oxidation sites excluding steroid dienone is 1. The molecule has 0 saturated heterocycles. The summed E-state index contributed by atoms with van der Waals surface area (Å²) in [5.41, 5.74) is 0.605. The van der Waals surface area contributed by atoms with Crippen LogP contribution in [0.15, 0.2) is 22.8 Å². The molecule has 1 aliphatic rings. The fourth-order valence-electron chi connectivity index (χ4n) is 2.18. The Balaban J connectivity index is 2.27. The first-order valence-electron chi connectivity index (χ1n) is 7.58. The molecule has 2 rings (SSSR count). The molecule has 0 saturated carbocycles. The van der Waals surface area contributed by atoms with E-state index in [0.717, 1.165) is 0 Å². The van der Waals surface area contributed by atoms with Gasteiger partial charge in [0, 0.05) is 5.75 Å². The summed E-state index contributed by atoms with van der Waals surface area (Å²) in [6, 6.07) is 2.51. The standard InChI is InChI=1S/C17H20FNO4S/c1-9(2)23-17(21)12-8-14(13(18)7-10(12)3)19-16(20)15-11(4)22-5-6-24-15/h7-9H,5-6H2,1-4H3,(H,19,20). The minimum atomic E-state index is -0.609. The van der Waals surface area contributed by atoms with Gasteiger partial charge in [-0.2, -0.15) is 0 Å². The van der Waals surface area contributed by atoms with Crippen LogP contribution in [0.25, 0.3) is 0 Å². The fraction of sp³-hybridized carbons (Fsp3) is 0.412. The molecule has 7 heteroatoms. The number of hydrogen-bond donors (Lipinski definition) is 1. The monoisotopic (exact) mass is 353 g/mol. The number of aryl methyl sites for hydroxylation is 1. The maximum atomic E-state index is 14.2. The number of amides is 1. The van der Waals surface area contributed by atoms with Crippen LogP contribution in [0, 0.1) is 12.7 Å². The number of esters is 1. The lowest BCUT2D eigenvalue weighted by molar-refractivity contribution is -0.112. The Morgan fingerprint density at radius 1 is 1.33 bits per heavy atom. The number of carbonyl (C=O) groups excluding carboxylic acids is 2. The lowest BCUT2D eigenvalue weighted by Gasteiger charge is -2.18. The van der Waals surface area contributed by atoms with Crippen molar-refractivity contribution in [2.24, 2.45) is 0 Å². The van der Waals surface area contributed by atoms with E-state index in [9.17, 15) is 14.0 Å². The highest BCUT2D eigenvalue weighted by atomic mass is 32.2. The molecule has 24 heavy (non-hydrogen) atoms. The van der Waals surface area contributed by atoms with Crippen LogP contribution in [0.3, 0.4) is 0 Å². The van der Waals surface area contributed by atoms with Gasteiger partial charge in [0.1, 0.15) is 16.5 Å². The highest BCUT2D eigenvalue weighted by molar-refractivity contribution is 8.04. The Bertz CT molecular complexity index is 700. The second-order valence-corrected chi connectivity index (χ2v) is 6.74. The highest BCUT2D eigenvalue weighted by Gasteiger charge is 2.22. The zero-order chi connectivity index (χ0) is 17.9. The molecule has 0 aromatic heterocycles. The molecular weight excluding hydrogens is 333 g/mol. The molecule has 0 bridgehead atoms. The van der Waals surface area contributed by atoms with E-state index in [2.05, 4.69) is 5.32 Å². The van der Waals surface area contributed by atoms with Gasteiger partial charge in [0.25, 0.3) is 5.91 Å². The Morgan fingerprint density at radius 3 is 2.67 bits per heavy atom.